The van der Waals surface area contributed by atoms with E-state index in [1.807, 2.05) is 48.2 Å². The monoisotopic (exact) mass is 531 g/mol. The molecule has 0 aliphatic heterocycles. The highest BCUT2D eigenvalue weighted by Crippen LogP contribution is 2.34. The molecule has 0 bridgehead atoms. The van der Waals surface area contributed by atoms with Crippen LogP contribution in [0, 0.1) is 5.82 Å². The highest BCUT2D eigenvalue weighted by molar-refractivity contribution is 14.2. The number of nitrogens with one attached hydrogen (secondary N) is 1. The predicted molar refractivity (Wildman–Crippen MR) is 131 cm³/mol. The Morgan fingerprint density at radius 3 is 2.59 bits per heavy atom. The molecule has 2 rings (SSSR count). The topological polar surface area (TPSA) is 37.3 Å². The summed E-state index contributed by atoms with van der Waals surface area (Å²) in [5.41, 5.74) is 2.69. The van der Waals surface area contributed by atoms with Gasteiger partial charge in [-0.05, 0) is 56.0 Å². The average Bonchev–Trinajstić information content (AvgIpc) is 3.00. The number of Topliss-reactive ketones (excluding diaryl/α,β-unsaturated/α-hetero) is 1. The average molecular weight is 531 g/mol. The molecule has 0 amide bonds. The van der Waals surface area contributed by atoms with Gasteiger partial charge < -0.3 is 10.2 Å². The molecule has 0 aliphatic carbocycles. The summed E-state index contributed by atoms with van der Waals surface area (Å²) in [6.07, 6.45) is 3.57. The number of benzene rings is 1. The van der Waals surface area contributed by atoms with Crippen molar-refractivity contribution in [1.82, 2.24) is 14.2 Å². The molecule has 1 aromatic carbocycles. The third-order valence-corrected chi connectivity index (χ3v) is 6.68. The van der Waals surface area contributed by atoms with Gasteiger partial charge >= 0.3 is 0 Å². The maximum absolute atomic E-state index is 15.1. The summed E-state index contributed by atoms with van der Waals surface area (Å²) in [7, 11) is 5.17. The number of allylic oxidation sites excluding steroid dienone is 1. The van der Waals surface area contributed by atoms with Crippen LogP contribution in [-0.2, 0) is 0 Å². The third-order valence-electron chi connectivity index (χ3n) is 4.97. The molecule has 0 spiro atoms. The smallest absolute Gasteiger partial charge is 0.207 e. The first-order valence-corrected chi connectivity index (χ1v) is 13.3. The number of carbonyl (C=O) groups is 1. The minimum Gasteiger partial charge on any atom is -0.383 e. The number of rotatable bonds is 10. The van der Waals surface area contributed by atoms with Crippen LogP contribution in [0.4, 0.5) is 4.39 Å². The number of fused-ring (bicyclic) bond motifs is 1. The SMILES string of the molecule is CCC(CCNC(C)C)c1cc2cc(C(=O)/C(C)=C/N(C)C)n(SI)c2cc1F. The molecule has 0 fully saturated rings. The summed E-state index contributed by atoms with van der Waals surface area (Å²) in [6, 6.07) is 5.82. The van der Waals surface area contributed by atoms with Crippen LogP contribution in [0.3, 0.4) is 0 Å². The van der Waals surface area contributed by atoms with Gasteiger partial charge in [-0.1, -0.05) is 20.8 Å². The molecule has 7 heteroatoms. The highest BCUT2D eigenvalue weighted by Gasteiger charge is 2.21. The second-order valence-corrected chi connectivity index (χ2v) is 9.62. The van der Waals surface area contributed by atoms with Crippen molar-refractivity contribution in [3.05, 3.63) is 47.0 Å². The van der Waals surface area contributed by atoms with Crippen molar-refractivity contribution in [2.24, 2.45) is 0 Å². The summed E-state index contributed by atoms with van der Waals surface area (Å²) in [5.74, 6) is -0.0942. The molecule has 4 nitrogen and oxygen atoms in total. The molecule has 0 aliphatic rings. The molecule has 0 saturated carbocycles. The van der Waals surface area contributed by atoms with Gasteiger partial charge in [-0.25, -0.2) is 4.39 Å². The zero-order valence-corrected chi connectivity index (χ0v) is 21.0. The van der Waals surface area contributed by atoms with Crippen molar-refractivity contribution < 1.29 is 9.18 Å². The Balaban J connectivity index is 2.46. The lowest BCUT2D eigenvalue weighted by Gasteiger charge is -2.18. The maximum atomic E-state index is 15.1. The van der Waals surface area contributed by atoms with Crippen molar-refractivity contribution in [2.75, 3.05) is 20.6 Å². The van der Waals surface area contributed by atoms with Gasteiger partial charge in [-0.15, -0.1) is 0 Å². The van der Waals surface area contributed by atoms with Crippen molar-refractivity contribution in [3.63, 3.8) is 0 Å². The van der Waals surface area contributed by atoms with Gasteiger partial charge in [0, 0.05) is 67.6 Å². The molecular formula is C22H31FIN3OS. The largest absolute Gasteiger partial charge is 0.383 e. The molecule has 1 heterocycles. The Morgan fingerprint density at radius 2 is 2.03 bits per heavy atom. The highest BCUT2D eigenvalue weighted by atomic mass is 127. The van der Waals surface area contributed by atoms with Crippen LogP contribution in [0.15, 0.2) is 30.0 Å². The second kappa shape index (κ2) is 10.8. The van der Waals surface area contributed by atoms with E-state index in [0.29, 0.717) is 17.3 Å². The fraction of sp³-hybridized carbons (Fsp3) is 0.500. The van der Waals surface area contributed by atoms with Crippen molar-refractivity contribution in [1.29, 1.82) is 0 Å². The molecule has 0 saturated heterocycles. The van der Waals surface area contributed by atoms with E-state index in [2.05, 4.69) is 47.3 Å². The molecule has 1 unspecified atom stereocenters. The van der Waals surface area contributed by atoms with Crippen molar-refractivity contribution in [2.45, 2.75) is 52.5 Å². The fourth-order valence-electron chi connectivity index (χ4n) is 3.54. The van der Waals surface area contributed by atoms with Gasteiger partial charge in [0.25, 0.3) is 0 Å². The van der Waals surface area contributed by atoms with E-state index in [1.54, 1.807) is 6.07 Å². The maximum Gasteiger partial charge on any atom is 0.207 e. The van der Waals surface area contributed by atoms with E-state index >= 15 is 4.39 Å². The van der Waals surface area contributed by atoms with Gasteiger partial charge in [-0.2, -0.15) is 0 Å². The molecular weight excluding hydrogens is 500 g/mol. The Labute approximate surface area is 190 Å². The van der Waals surface area contributed by atoms with Gasteiger partial charge in [0.05, 0.1) is 5.52 Å². The van der Waals surface area contributed by atoms with Crippen LogP contribution in [0.5, 0.6) is 0 Å². The Bertz CT molecular complexity index is 892. The van der Waals surface area contributed by atoms with Gasteiger partial charge in [-0.3, -0.25) is 8.77 Å². The minimum absolute atomic E-state index is 0.0470. The van der Waals surface area contributed by atoms with E-state index in [1.165, 1.54) is 9.12 Å². The fourth-order valence-corrected chi connectivity index (χ4v) is 5.26. The standard InChI is InChI=1S/C22H31FIN3OS/c1-7-16(8-9-25-14(2)3)18-10-17-11-21(22(28)15(4)13-26(5)6)27(29-24)20(17)12-19(18)23/h10-14,16,25H,7-9H2,1-6H3/b15-13+. The third kappa shape index (κ3) is 5.98. The number of ketones is 1. The van der Waals surface area contributed by atoms with E-state index in [0.717, 1.165) is 35.9 Å². The molecule has 1 aromatic heterocycles. The summed E-state index contributed by atoms with van der Waals surface area (Å²) in [4.78, 5) is 14.8. The molecule has 2 aromatic rings. The van der Waals surface area contributed by atoms with Gasteiger partial charge in [0.15, 0.2) is 0 Å². The molecule has 29 heavy (non-hydrogen) atoms. The Kier molecular flexibility index (Phi) is 9.03. The lowest BCUT2D eigenvalue weighted by atomic mass is 9.91. The quantitative estimate of drug-likeness (QED) is 0.227. The van der Waals surface area contributed by atoms with Gasteiger partial charge in [0.2, 0.25) is 5.78 Å². The molecule has 0 radical (unpaired) electrons. The summed E-state index contributed by atoms with van der Waals surface area (Å²) in [6.45, 7) is 8.99. The van der Waals surface area contributed by atoms with Crippen molar-refractivity contribution >= 4 is 47.0 Å². The van der Waals surface area contributed by atoms with Crippen LogP contribution >= 0.6 is 30.3 Å². The first-order chi connectivity index (χ1) is 13.7. The van der Waals surface area contributed by atoms with Gasteiger partial charge in [0.1, 0.15) is 11.5 Å². The predicted octanol–water partition coefficient (Wildman–Crippen LogP) is 6.16. The number of hydrogen-bond acceptors (Lipinski definition) is 4. The van der Waals surface area contributed by atoms with Crippen LogP contribution < -0.4 is 5.32 Å². The van der Waals surface area contributed by atoms with Crippen LogP contribution in [0.1, 0.15) is 62.5 Å². The zero-order chi connectivity index (χ0) is 21.7. The first kappa shape index (κ1) is 24.2. The summed E-state index contributed by atoms with van der Waals surface area (Å²) < 4.78 is 16.9. The number of aromatic nitrogens is 1. The van der Waals surface area contributed by atoms with Crippen LogP contribution in [0.2, 0.25) is 0 Å². The Morgan fingerprint density at radius 1 is 1.34 bits per heavy atom. The van der Waals surface area contributed by atoms with E-state index < -0.39 is 0 Å². The first-order valence-electron chi connectivity index (χ1n) is 9.96. The Hall–Kier alpha value is -1.06. The van der Waals surface area contributed by atoms with E-state index in [-0.39, 0.29) is 17.5 Å². The second-order valence-electron chi connectivity index (χ2n) is 7.93. The summed E-state index contributed by atoms with van der Waals surface area (Å²) in [5, 5.41) is 4.32. The van der Waals surface area contributed by atoms with Crippen LogP contribution in [0.25, 0.3) is 10.9 Å². The molecule has 1 atom stereocenters. The normalized spacial score (nSPS) is 13.3. The van der Waals surface area contributed by atoms with E-state index in [9.17, 15) is 4.79 Å². The summed E-state index contributed by atoms with van der Waals surface area (Å²) >= 11 is 2.14. The lowest BCUT2D eigenvalue weighted by molar-refractivity contribution is 0.102. The number of hydrogen-bond donors (Lipinski definition) is 1. The zero-order valence-electron chi connectivity index (χ0n) is 18.1. The number of carbonyl (C=O) groups excluding carboxylic acids is 1. The van der Waals surface area contributed by atoms with Crippen LogP contribution in [-0.4, -0.2) is 41.3 Å². The molecule has 160 valence electrons. The lowest BCUT2D eigenvalue weighted by Crippen LogP contribution is -2.25. The number of nitrogens with zero attached hydrogens (tertiary/aromatic N) is 2. The van der Waals surface area contributed by atoms with Crippen molar-refractivity contribution in [3.8, 4) is 0 Å². The number of halogens is 2. The molecule has 1 N–H and O–H groups in total. The van der Waals surface area contributed by atoms with E-state index in [4.69, 9.17) is 0 Å². The minimum atomic E-state index is -0.196.